The summed E-state index contributed by atoms with van der Waals surface area (Å²) in [5, 5.41) is 12.0. The van der Waals surface area contributed by atoms with Crippen molar-refractivity contribution >= 4 is 23.5 Å². The molecule has 1 aromatic rings. The molecule has 5 nitrogen and oxygen atoms in total. The zero-order valence-corrected chi connectivity index (χ0v) is 12.2. The van der Waals surface area contributed by atoms with Gasteiger partial charge in [0.05, 0.1) is 13.0 Å². The summed E-state index contributed by atoms with van der Waals surface area (Å²) in [5.41, 5.74) is 0. The van der Waals surface area contributed by atoms with Crippen molar-refractivity contribution in [1.29, 1.82) is 0 Å². The Balaban J connectivity index is 2.38. The molecule has 110 valence electrons. The number of hydrogen-bond donors (Lipinski definition) is 2. The van der Waals surface area contributed by atoms with Gasteiger partial charge in [0.25, 0.3) is 0 Å². The van der Waals surface area contributed by atoms with Crippen LogP contribution in [-0.2, 0) is 9.59 Å². The van der Waals surface area contributed by atoms with Gasteiger partial charge in [0.2, 0.25) is 5.91 Å². The van der Waals surface area contributed by atoms with Gasteiger partial charge in [-0.1, -0.05) is 31.5 Å². The number of benzene rings is 1. The molecule has 6 heteroatoms. The maximum Gasteiger partial charge on any atom is 0.326 e. The predicted octanol–water partition coefficient (Wildman–Crippen LogP) is 2.33. The van der Waals surface area contributed by atoms with E-state index in [1.807, 2.05) is 0 Å². The van der Waals surface area contributed by atoms with Crippen molar-refractivity contribution in [2.45, 2.75) is 26.3 Å². The molecule has 0 spiro atoms. The molecule has 1 amide bonds. The Labute approximate surface area is 122 Å². The van der Waals surface area contributed by atoms with E-state index in [2.05, 4.69) is 5.32 Å². The van der Waals surface area contributed by atoms with Crippen molar-refractivity contribution in [3.8, 4) is 5.75 Å². The first-order valence-electron chi connectivity index (χ1n) is 6.30. The second-order valence-electron chi connectivity index (χ2n) is 4.68. The maximum absolute atomic E-state index is 11.6. The number of nitrogens with one attached hydrogen (secondary N) is 1. The Morgan fingerprint density at radius 3 is 2.65 bits per heavy atom. The number of rotatable bonds is 7. The van der Waals surface area contributed by atoms with Crippen LogP contribution >= 0.6 is 11.6 Å². The van der Waals surface area contributed by atoms with Gasteiger partial charge in [-0.25, -0.2) is 4.79 Å². The molecule has 0 fully saturated rings. The highest BCUT2D eigenvalue weighted by Crippen LogP contribution is 2.17. The van der Waals surface area contributed by atoms with E-state index >= 15 is 0 Å². The molecular weight excluding hydrogens is 282 g/mol. The number of ether oxygens (including phenoxy) is 1. The zero-order chi connectivity index (χ0) is 15.1. The van der Waals surface area contributed by atoms with E-state index in [1.54, 1.807) is 38.1 Å². The number of carboxylic acid groups (broad SMARTS) is 1. The van der Waals surface area contributed by atoms with Crippen molar-refractivity contribution < 1.29 is 19.4 Å². The smallest absolute Gasteiger partial charge is 0.326 e. The van der Waals surface area contributed by atoms with Crippen molar-refractivity contribution in [2.24, 2.45) is 5.92 Å². The van der Waals surface area contributed by atoms with Crippen LogP contribution in [0.4, 0.5) is 0 Å². The molecule has 0 aliphatic carbocycles. The van der Waals surface area contributed by atoms with Gasteiger partial charge in [0.1, 0.15) is 11.8 Å². The number of halogens is 1. The first-order valence-corrected chi connectivity index (χ1v) is 6.68. The predicted molar refractivity (Wildman–Crippen MR) is 76.0 cm³/mol. The van der Waals surface area contributed by atoms with Crippen LogP contribution in [0.1, 0.15) is 20.3 Å². The van der Waals surface area contributed by atoms with Crippen molar-refractivity contribution in [3.63, 3.8) is 0 Å². The van der Waals surface area contributed by atoms with Gasteiger partial charge in [0.15, 0.2) is 0 Å². The van der Waals surface area contributed by atoms with Crippen LogP contribution in [-0.4, -0.2) is 29.6 Å². The average Bonchev–Trinajstić information content (AvgIpc) is 2.35. The Morgan fingerprint density at radius 1 is 1.40 bits per heavy atom. The third-order valence-electron chi connectivity index (χ3n) is 2.64. The first-order chi connectivity index (χ1) is 9.40. The summed E-state index contributed by atoms with van der Waals surface area (Å²) in [7, 11) is 0. The van der Waals surface area contributed by atoms with Crippen molar-refractivity contribution in [2.75, 3.05) is 6.61 Å². The van der Waals surface area contributed by atoms with E-state index in [1.165, 1.54) is 0 Å². The van der Waals surface area contributed by atoms with Gasteiger partial charge in [-0.05, 0) is 24.1 Å². The minimum absolute atomic E-state index is 0.0863. The topological polar surface area (TPSA) is 75.6 Å². The number of aliphatic carboxylic acids is 1. The maximum atomic E-state index is 11.6. The number of amides is 1. The second-order valence-corrected chi connectivity index (χ2v) is 5.12. The molecule has 1 aromatic carbocycles. The van der Waals surface area contributed by atoms with Gasteiger partial charge < -0.3 is 15.2 Å². The number of carboxylic acids is 1. The summed E-state index contributed by atoms with van der Waals surface area (Å²) in [6, 6.07) is 5.97. The lowest BCUT2D eigenvalue weighted by atomic mass is 10.0. The molecular formula is C14H18ClNO4. The molecule has 0 aliphatic heterocycles. The van der Waals surface area contributed by atoms with E-state index in [9.17, 15) is 9.59 Å². The highest BCUT2D eigenvalue weighted by Gasteiger charge is 2.23. The Morgan fingerprint density at radius 2 is 2.10 bits per heavy atom. The quantitative estimate of drug-likeness (QED) is 0.810. The van der Waals surface area contributed by atoms with E-state index in [4.69, 9.17) is 21.4 Å². The number of carbonyl (C=O) groups excluding carboxylic acids is 1. The third kappa shape index (κ3) is 5.48. The lowest BCUT2D eigenvalue weighted by Gasteiger charge is -2.17. The standard InChI is InChI=1S/C14H18ClNO4/c1-9(2)13(14(18)19)16-12(17)6-7-20-11-5-3-4-10(15)8-11/h3-5,8-9,13H,6-7H2,1-2H3,(H,16,17)(H,18,19). The zero-order valence-electron chi connectivity index (χ0n) is 11.4. The summed E-state index contributed by atoms with van der Waals surface area (Å²) in [6.45, 7) is 3.64. The fourth-order valence-electron chi connectivity index (χ4n) is 1.58. The van der Waals surface area contributed by atoms with E-state index in [0.29, 0.717) is 10.8 Å². The lowest BCUT2D eigenvalue weighted by Crippen LogP contribution is -2.44. The Bertz CT molecular complexity index is 476. The van der Waals surface area contributed by atoms with Crippen LogP contribution in [0.25, 0.3) is 0 Å². The molecule has 20 heavy (non-hydrogen) atoms. The molecule has 0 bridgehead atoms. The Kier molecular flexibility index (Phi) is 6.31. The van der Waals surface area contributed by atoms with E-state index in [0.717, 1.165) is 0 Å². The SMILES string of the molecule is CC(C)C(NC(=O)CCOc1cccc(Cl)c1)C(=O)O. The highest BCUT2D eigenvalue weighted by molar-refractivity contribution is 6.30. The molecule has 0 saturated carbocycles. The fourth-order valence-corrected chi connectivity index (χ4v) is 1.76. The van der Waals surface area contributed by atoms with Gasteiger partial charge in [-0.3, -0.25) is 4.79 Å². The lowest BCUT2D eigenvalue weighted by molar-refractivity contribution is -0.143. The second kappa shape index (κ2) is 7.75. The molecule has 0 aliphatic rings. The summed E-state index contributed by atoms with van der Waals surface area (Å²) >= 11 is 5.80. The molecule has 1 unspecified atom stereocenters. The van der Waals surface area contributed by atoms with Gasteiger partial charge in [-0.2, -0.15) is 0 Å². The normalized spacial score (nSPS) is 12.0. The summed E-state index contributed by atoms with van der Waals surface area (Å²) in [5.74, 6) is -0.994. The van der Waals surface area contributed by atoms with Crippen LogP contribution < -0.4 is 10.1 Å². The fraction of sp³-hybridized carbons (Fsp3) is 0.429. The van der Waals surface area contributed by atoms with Crippen LogP contribution in [0, 0.1) is 5.92 Å². The summed E-state index contributed by atoms with van der Waals surface area (Å²) < 4.78 is 5.37. The largest absolute Gasteiger partial charge is 0.493 e. The summed E-state index contributed by atoms with van der Waals surface area (Å²) in [6.07, 6.45) is 0.0863. The highest BCUT2D eigenvalue weighted by atomic mass is 35.5. The minimum atomic E-state index is -1.04. The Hall–Kier alpha value is -1.75. The molecule has 0 saturated heterocycles. The van der Waals surface area contributed by atoms with E-state index < -0.39 is 12.0 Å². The van der Waals surface area contributed by atoms with Gasteiger partial charge >= 0.3 is 5.97 Å². The molecule has 0 heterocycles. The minimum Gasteiger partial charge on any atom is -0.493 e. The first kappa shape index (κ1) is 16.3. The van der Waals surface area contributed by atoms with Crippen LogP contribution in [0.3, 0.4) is 0 Å². The van der Waals surface area contributed by atoms with Crippen molar-refractivity contribution in [1.82, 2.24) is 5.32 Å². The van der Waals surface area contributed by atoms with Crippen LogP contribution in [0.5, 0.6) is 5.75 Å². The molecule has 1 atom stereocenters. The third-order valence-corrected chi connectivity index (χ3v) is 2.88. The molecule has 2 N–H and O–H groups in total. The van der Waals surface area contributed by atoms with Gasteiger partial charge in [-0.15, -0.1) is 0 Å². The molecule has 0 radical (unpaired) electrons. The van der Waals surface area contributed by atoms with Gasteiger partial charge in [0, 0.05) is 5.02 Å². The average molecular weight is 300 g/mol. The molecule has 0 aromatic heterocycles. The van der Waals surface area contributed by atoms with Crippen molar-refractivity contribution in [3.05, 3.63) is 29.3 Å². The molecule has 1 rings (SSSR count). The monoisotopic (exact) mass is 299 g/mol. The summed E-state index contributed by atoms with van der Waals surface area (Å²) in [4.78, 5) is 22.6. The number of hydrogen-bond acceptors (Lipinski definition) is 3. The van der Waals surface area contributed by atoms with E-state index in [-0.39, 0.29) is 24.9 Å². The van der Waals surface area contributed by atoms with Crippen LogP contribution in [0.2, 0.25) is 5.02 Å². The van der Waals surface area contributed by atoms with Crippen LogP contribution in [0.15, 0.2) is 24.3 Å². The number of carbonyl (C=O) groups is 2.